The van der Waals surface area contributed by atoms with E-state index in [0.717, 1.165) is 17.9 Å². The van der Waals surface area contributed by atoms with Crippen molar-refractivity contribution in [1.29, 1.82) is 0 Å². The molecular formula is C13H26N2. The number of nitrogens with two attached hydrogens (primary N) is 1. The van der Waals surface area contributed by atoms with Crippen molar-refractivity contribution in [3.63, 3.8) is 0 Å². The highest BCUT2D eigenvalue weighted by Gasteiger charge is 2.25. The van der Waals surface area contributed by atoms with Crippen LogP contribution in [0.2, 0.25) is 0 Å². The summed E-state index contributed by atoms with van der Waals surface area (Å²) in [4.78, 5) is 0. The first-order valence-corrected chi connectivity index (χ1v) is 6.74. The molecule has 2 unspecified atom stereocenters. The fraction of sp³-hybridized carbons (Fsp3) is 1.00. The Morgan fingerprint density at radius 3 is 2.40 bits per heavy atom. The molecule has 0 heterocycles. The highest BCUT2D eigenvalue weighted by atomic mass is 14.9. The molecule has 2 aliphatic carbocycles. The van der Waals surface area contributed by atoms with E-state index < -0.39 is 0 Å². The Hall–Kier alpha value is -0.0800. The number of hydrogen-bond acceptors (Lipinski definition) is 2. The van der Waals surface area contributed by atoms with E-state index in [1.165, 1.54) is 51.5 Å². The predicted octanol–water partition coefficient (Wildman–Crippen LogP) is 2.28. The number of rotatable bonds is 3. The third kappa shape index (κ3) is 3.18. The number of hydrogen-bond donors (Lipinski definition) is 2. The summed E-state index contributed by atoms with van der Waals surface area (Å²) in [6.45, 7) is 3.66. The molecular weight excluding hydrogens is 184 g/mol. The fourth-order valence-corrected chi connectivity index (χ4v) is 3.17. The van der Waals surface area contributed by atoms with Gasteiger partial charge < -0.3 is 11.1 Å². The largest absolute Gasteiger partial charge is 0.328 e. The molecule has 0 aliphatic heterocycles. The van der Waals surface area contributed by atoms with Gasteiger partial charge in [-0.3, -0.25) is 0 Å². The molecule has 2 fully saturated rings. The van der Waals surface area contributed by atoms with Crippen LogP contribution in [0.3, 0.4) is 0 Å². The molecule has 0 aromatic heterocycles. The zero-order chi connectivity index (χ0) is 10.7. The molecule has 3 N–H and O–H groups in total. The second-order valence-corrected chi connectivity index (χ2v) is 5.69. The van der Waals surface area contributed by atoms with E-state index in [-0.39, 0.29) is 0 Å². The summed E-state index contributed by atoms with van der Waals surface area (Å²) in [5, 5.41) is 3.76. The lowest BCUT2D eigenvalue weighted by atomic mass is 9.91. The molecule has 0 saturated heterocycles. The van der Waals surface area contributed by atoms with Crippen molar-refractivity contribution in [2.75, 3.05) is 6.54 Å². The maximum Gasteiger partial charge on any atom is 0.00683 e. The average Bonchev–Trinajstić information content (AvgIpc) is 2.63. The Kier molecular flexibility index (Phi) is 4.04. The molecule has 15 heavy (non-hydrogen) atoms. The zero-order valence-electron chi connectivity index (χ0n) is 10.0. The zero-order valence-corrected chi connectivity index (χ0v) is 10.0. The summed E-state index contributed by atoms with van der Waals surface area (Å²) in [5.74, 6) is 1.89. The molecule has 2 nitrogen and oxygen atoms in total. The first kappa shape index (κ1) is 11.4. The number of nitrogens with one attached hydrogen (secondary N) is 1. The second kappa shape index (κ2) is 5.31. The van der Waals surface area contributed by atoms with E-state index in [1.807, 2.05) is 0 Å². The van der Waals surface area contributed by atoms with Crippen LogP contribution in [0.4, 0.5) is 0 Å². The van der Waals surface area contributed by atoms with Crippen molar-refractivity contribution in [2.45, 2.75) is 64.0 Å². The lowest BCUT2D eigenvalue weighted by molar-refractivity contribution is 0.306. The third-order valence-electron chi connectivity index (χ3n) is 4.48. The van der Waals surface area contributed by atoms with Gasteiger partial charge in [0.25, 0.3) is 0 Å². The van der Waals surface area contributed by atoms with Crippen LogP contribution in [0.15, 0.2) is 0 Å². The first-order chi connectivity index (χ1) is 7.25. The van der Waals surface area contributed by atoms with E-state index >= 15 is 0 Å². The van der Waals surface area contributed by atoms with Gasteiger partial charge in [-0.2, -0.15) is 0 Å². The van der Waals surface area contributed by atoms with Gasteiger partial charge in [0, 0.05) is 12.1 Å². The Bertz CT molecular complexity index is 185. The van der Waals surface area contributed by atoms with Crippen LogP contribution < -0.4 is 11.1 Å². The molecule has 2 heteroatoms. The Morgan fingerprint density at radius 2 is 1.80 bits per heavy atom. The molecule has 0 spiro atoms. The fourth-order valence-electron chi connectivity index (χ4n) is 3.17. The minimum absolute atomic E-state index is 0.480. The van der Waals surface area contributed by atoms with Gasteiger partial charge in [0.05, 0.1) is 0 Å². The smallest absolute Gasteiger partial charge is 0.00683 e. The minimum Gasteiger partial charge on any atom is -0.328 e. The van der Waals surface area contributed by atoms with Crippen molar-refractivity contribution in [2.24, 2.45) is 17.6 Å². The summed E-state index contributed by atoms with van der Waals surface area (Å²) in [6.07, 6.45) is 9.37. The molecule has 88 valence electrons. The van der Waals surface area contributed by atoms with E-state index in [1.54, 1.807) is 0 Å². The summed E-state index contributed by atoms with van der Waals surface area (Å²) in [6, 6.07) is 1.24. The molecule has 2 saturated carbocycles. The molecule has 2 atom stereocenters. The standard InChI is InChI=1S/C13H26N2/c1-10-3-2-4-11(10)9-15-13-7-5-12(14)6-8-13/h10-13,15H,2-9,14H2,1H3. The third-order valence-corrected chi connectivity index (χ3v) is 4.48. The van der Waals surface area contributed by atoms with Gasteiger partial charge in [-0.05, 0) is 50.5 Å². The highest BCUT2D eigenvalue weighted by molar-refractivity contribution is 4.82. The molecule has 0 radical (unpaired) electrons. The van der Waals surface area contributed by atoms with Gasteiger partial charge in [-0.1, -0.05) is 19.8 Å². The van der Waals surface area contributed by atoms with Gasteiger partial charge in [0.1, 0.15) is 0 Å². The van der Waals surface area contributed by atoms with Crippen molar-refractivity contribution in [3.05, 3.63) is 0 Å². The molecule has 0 aromatic rings. The van der Waals surface area contributed by atoms with Crippen LogP contribution in [0.5, 0.6) is 0 Å². The lowest BCUT2D eigenvalue weighted by Crippen LogP contribution is -2.39. The van der Waals surface area contributed by atoms with Crippen LogP contribution in [0.1, 0.15) is 51.9 Å². The van der Waals surface area contributed by atoms with E-state index in [2.05, 4.69) is 12.2 Å². The van der Waals surface area contributed by atoms with Gasteiger partial charge in [-0.15, -0.1) is 0 Å². The van der Waals surface area contributed by atoms with Crippen LogP contribution >= 0.6 is 0 Å². The normalized spacial score (nSPS) is 42.0. The van der Waals surface area contributed by atoms with E-state index in [4.69, 9.17) is 5.73 Å². The maximum atomic E-state index is 5.91. The van der Waals surface area contributed by atoms with E-state index in [9.17, 15) is 0 Å². The second-order valence-electron chi connectivity index (χ2n) is 5.69. The predicted molar refractivity (Wildman–Crippen MR) is 64.7 cm³/mol. The van der Waals surface area contributed by atoms with Gasteiger partial charge in [0.15, 0.2) is 0 Å². The first-order valence-electron chi connectivity index (χ1n) is 6.74. The monoisotopic (exact) mass is 210 g/mol. The maximum absolute atomic E-state index is 5.91. The van der Waals surface area contributed by atoms with Crippen molar-refractivity contribution in [1.82, 2.24) is 5.32 Å². The molecule has 0 amide bonds. The Morgan fingerprint density at radius 1 is 1.07 bits per heavy atom. The van der Waals surface area contributed by atoms with Crippen LogP contribution in [0, 0.1) is 11.8 Å². The highest BCUT2D eigenvalue weighted by Crippen LogP contribution is 2.30. The summed E-state index contributed by atoms with van der Waals surface area (Å²) < 4.78 is 0. The summed E-state index contributed by atoms with van der Waals surface area (Å²) in [7, 11) is 0. The molecule has 0 bridgehead atoms. The average molecular weight is 210 g/mol. The van der Waals surface area contributed by atoms with Crippen molar-refractivity contribution >= 4 is 0 Å². The van der Waals surface area contributed by atoms with Crippen LogP contribution in [-0.4, -0.2) is 18.6 Å². The lowest BCUT2D eigenvalue weighted by Gasteiger charge is -2.28. The minimum atomic E-state index is 0.480. The molecule has 2 rings (SSSR count). The quantitative estimate of drug-likeness (QED) is 0.750. The van der Waals surface area contributed by atoms with Crippen LogP contribution in [-0.2, 0) is 0 Å². The Balaban J connectivity index is 1.65. The van der Waals surface area contributed by atoms with E-state index in [0.29, 0.717) is 6.04 Å². The van der Waals surface area contributed by atoms with Gasteiger partial charge >= 0.3 is 0 Å². The van der Waals surface area contributed by atoms with Crippen molar-refractivity contribution in [3.8, 4) is 0 Å². The Labute approximate surface area is 94.0 Å². The van der Waals surface area contributed by atoms with Crippen molar-refractivity contribution < 1.29 is 0 Å². The topological polar surface area (TPSA) is 38.0 Å². The summed E-state index contributed by atoms with van der Waals surface area (Å²) >= 11 is 0. The molecule has 0 aromatic carbocycles. The van der Waals surface area contributed by atoms with Gasteiger partial charge in [0.2, 0.25) is 0 Å². The summed E-state index contributed by atoms with van der Waals surface area (Å²) in [5.41, 5.74) is 5.91. The van der Waals surface area contributed by atoms with Gasteiger partial charge in [-0.25, -0.2) is 0 Å². The van der Waals surface area contributed by atoms with Crippen LogP contribution in [0.25, 0.3) is 0 Å². The molecule has 2 aliphatic rings. The SMILES string of the molecule is CC1CCCC1CNC1CCC(N)CC1.